The van der Waals surface area contributed by atoms with Gasteiger partial charge >= 0.3 is 0 Å². The molecule has 4 heteroatoms. The van der Waals surface area contributed by atoms with E-state index in [-0.39, 0.29) is 0 Å². The summed E-state index contributed by atoms with van der Waals surface area (Å²) in [4.78, 5) is 5.57. The van der Waals surface area contributed by atoms with Crippen LogP contribution in [0.15, 0.2) is 23.4 Å². The molecule has 0 bridgehead atoms. The molecule has 1 fully saturated rings. The molecule has 3 nitrogen and oxygen atoms in total. The summed E-state index contributed by atoms with van der Waals surface area (Å²) in [5.41, 5.74) is 1.40. The third-order valence-corrected chi connectivity index (χ3v) is 4.00. The molecule has 2 aliphatic heterocycles. The first kappa shape index (κ1) is 7.79. The zero-order valence-corrected chi connectivity index (χ0v) is 7.97. The van der Waals surface area contributed by atoms with Gasteiger partial charge in [-0.1, -0.05) is 0 Å². The molecule has 1 saturated heterocycles. The molecule has 13 heavy (non-hydrogen) atoms. The summed E-state index contributed by atoms with van der Waals surface area (Å²) in [7, 11) is 0. The van der Waals surface area contributed by atoms with Crippen molar-refractivity contribution in [1.29, 1.82) is 0 Å². The molecule has 0 saturated carbocycles. The highest BCUT2D eigenvalue weighted by molar-refractivity contribution is 8.00. The number of thioether (sulfide) groups is 1. The quantitative estimate of drug-likeness (QED) is 0.637. The largest absolute Gasteiger partial charge is 0.304 e. The van der Waals surface area contributed by atoms with Crippen LogP contribution in [0.3, 0.4) is 0 Å². The van der Waals surface area contributed by atoms with Crippen LogP contribution in [0, 0.1) is 0 Å². The van der Waals surface area contributed by atoms with Crippen molar-refractivity contribution in [3.63, 3.8) is 0 Å². The standard InChI is InChI=1S/C9H11N3S/c1-2-10-3-6-7-4-11-5-12-9(7)13-8(1)6/h1-3,7,9,11-12H,4-5H2. The van der Waals surface area contributed by atoms with Crippen molar-refractivity contribution in [3.8, 4) is 0 Å². The fourth-order valence-electron chi connectivity index (χ4n) is 1.96. The van der Waals surface area contributed by atoms with Crippen molar-refractivity contribution >= 4 is 11.8 Å². The van der Waals surface area contributed by atoms with E-state index < -0.39 is 0 Å². The van der Waals surface area contributed by atoms with E-state index >= 15 is 0 Å². The Labute approximate surface area is 81.3 Å². The van der Waals surface area contributed by atoms with Crippen molar-refractivity contribution in [3.05, 3.63) is 24.0 Å². The zero-order chi connectivity index (χ0) is 8.67. The minimum Gasteiger partial charge on any atom is -0.304 e. The summed E-state index contributed by atoms with van der Waals surface area (Å²) in [6, 6.07) is 2.11. The Kier molecular flexibility index (Phi) is 1.78. The van der Waals surface area contributed by atoms with Gasteiger partial charge in [-0.2, -0.15) is 0 Å². The van der Waals surface area contributed by atoms with Gasteiger partial charge in [-0.25, -0.2) is 0 Å². The van der Waals surface area contributed by atoms with Gasteiger partial charge < -0.3 is 5.32 Å². The van der Waals surface area contributed by atoms with Gasteiger partial charge in [0.25, 0.3) is 0 Å². The topological polar surface area (TPSA) is 37.0 Å². The van der Waals surface area contributed by atoms with Crippen LogP contribution in [0.1, 0.15) is 11.5 Å². The van der Waals surface area contributed by atoms with Gasteiger partial charge in [-0.3, -0.25) is 10.3 Å². The van der Waals surface area contributed by atoms with E-state index in [1.807, 2.05) is 24.2 Å². The van der Waals surface area contributed by atoms with E-state index in [4.69, 9.17) is 0 Å². The highest BCUT2D eigenvalue weighted by atomic mass is 32.2. The Bertz CT molecular complexity index is 328. The molecule has 0 amide bonds. The molecule has 1 aromatic heterocycles. The molecule has 0 spiro atoms. The predicted octanol–water partition coefficient (Wildman–Crippen LogP) is 0.747. The number of fused-ring (bicyclic) bond motifs is 3. The first-order chi connectivity index (χ1) is 6.45. The van der Waals surface area contributed by atoms with Gasteiger partial charge in [0, 0.05) is 36.4 Å². The summed E-state index contributed by atoms with van der Waals surface area (Å²) in [6.45, 7) is 2.00. The van der Waals surface area contributed by atoms with E-state index in [2.05, 4.69) is 21.7 Å². The van der Waals surface area contributed by atoms with Crippen molar-refractivity contribution < 1.29 is 0 Å². The Morgan fingerprint density at radius 2 is 2.54 bits per heavy atom. The van der Waals surface area contributed by atoms with Crippen LogP contribution >= 0.6 is 11.8 Å². The van der Waals surface area contributed by atoms with Crippen LogP contribution in [0.2, 0.25) is 0 Å². The molecule has 0 aromatic carbocycles. The van der Waals surface area contributed by atoms with Crippen LogP contribution in [-0.2, 0) is 0 Å². The fourth-order valence-corrected chi connectivity index (χ4v) is 3.29. The Morgan fingerprint density at radius 1 is 1.54 bits per heavy atom. The first-order valence-electron chi connectivity index (χ1n) is 4.50. The van der Waals surface area contributed by atoms with Gasteiger partial charge in [-0.15, -0.1) is 11.8 Å². The summed E-state index contributed by atoms with van der Waals surface area (Å²) in [5, 5.41) is 7.35. The maximum Gasteiger partial charge on any atom is 0.0672 e. The minimum atomic E-state index is 0.556. The third kappa shape index (κ3) is 1.17. The molecule has 0 radical (unpaired) electrons. The van der Waals surface area contributed by atoms with Gasteiger partial charge in [-0.05, 0) is 11.6 Å². The number of hydrogen-bond donors (Lipinski definition) is 2. The smallest absolute Gasteiger partial charge is 0.0672 e. The van der Waals surface area contributed by atoms with Crippen LogP contribution in [0.4, 0.5) is 0 Å². The molecule has 1 aromatic rings. The highest BCUT2D eigenvalue weighted by Crippen LogP contribution is 2.43. The van der Waals surface area contributed by atoms with E-state index in [1.165, 1.54) is 10.5 Å². The number of hydrogen-bond acceptors (Lipinski definition) is 4. The van der Waals surface area contributed by atoms with Crippen molar-refractivity contribution in [2.24, 2.45) is 0 Å². The molecular formula is C9H11N3S. The average Bonchev–Trinajstić information content (AvgIpc) is 2.56. The highest BCUT2D eigenvalue weighted by Gasteiger charge is 2.34. The third-order valence-electron chi connectivity index (χ3n) is 2.62. The average molecular weight is 193 g/mol. The molecule has 2 atom stereocenters. The predicted molar refractivity (Wildman–Crippen MR) is 52.6 cm³/mol. The number of pyridine rings is 1. The SMILES string of the molecule is c1cc2c(cn1)C1CNCNC1S2. The fraction of sp³-hybridized carbons (Fsp3) is 0.444. The summed E-state index contributed by atoms with van der Waals surface area (Å²) >= 11 is 1.93. The number of nitrogens with zero attached hydrogens (tertiary/aromatic N) is 1. The van der Waals surface area contributed by atoms with Crippen molar-refractivity contribution in [2.45, 2.75) is 16.2 Å². The molecule has 3 heterocycles. The second-order valence-corrected chi connectivity index (χ2v) is 4.58. The van der Waals surface area contributed by atoms with Gasteiger partial charge in [0.15, 0.2) is 0 Å². The lowest BCUT2D eigenvalue weighted by Crippen LogP contribution is -2.46. The van der Waals surface area contributed by atoms with Gasteiger partial charge in [0.1, 0.15) is 0 Å². The van der Waals surface area contributed by atoms with E-state index in [0.29, 0.717) is 11.3 Å². The molecule has 2 unspecified atom stereocenters. The monoisotopic (exact) mass is 193 g/mol. The number of rotatable bonds is 0. The molecule has 2 aliphatic rings. The zero-order valence-electron chi connectivity index (χ0n) is 7.16. The lowest BCUT2D eigenvalue weighted by molar-refractivity contribution is 0.426. The van der Waals surface area contributed by atoms with Crippen LogP contribution in [0.5, 0.6) is 0 Å². The molecular weight excluding hydrogens is 182 g/mol. The second kappa shape index (κ2) is 2.97. The van der Waals surface area contributed by atoms with Gasteiger partial charge in [0.05, 0.1) is 5.37 Å². The van der Waals surface area contributed by atoms with Crippen LogP contribution < -0.4 is 10.6 Å². The lowest BCUT2D eigenvalue weighted by atomic mass is 10.00. The van der Waals surface area contributed by atoms with Crippen molar-refractivity contribution in [2.75, 3.05) is 13.2 Å². The normalized spacial score (nSPS) is 31.1. The minimum absolute atomic E-state index is 0.556. The van der Waals surface area contributed by atoms with E-state index in [9.17, 15) is 0 Å². The molecule has 68 valence electrons. The molecule has 2 N–H and O–H groups in total. The maximum atomic E-state index is 4.18. The van der Waals surface area contributed by atoms with Gasteiger partial charge in [0.2, 0.25) is 0 Å². The number of nitrogens with one attached hydrogen (secondary N) is 2. The lowest BCUT2D eigenvalue weighted by Gasteiger charge is -2.26. The first-order valence-corrected chi connectivity index (χ1v) is 5.38. The Morgan fingerprint density at radius 3 is 3.54 bits per heavy atom. The Balaban J connectivity index is 2.01. The molecule has 0 aliphatic carbocycles. The molecule has 3 rings (SSSR count). The van der Waals surface area contributed by atoms with Crippen LogP contribution in [0.25, 0.3) is 0 Å². The summed E-state index contributed by atoms with van der Waals surface area (Å²) < 4.78 is 0. The van der Waals surface area contributed by atoms with E-state index in [0.717, 1.165) is 13.2 Å². The second-order valence-electron chi connectivity index (χ2n) is 3.39. The number of aromatic nitrogens is 1. The van der Waals surface area contributed by atoms with Crippen molar-refractivity contribution in [1.82, 2.24) is 15.6 Å². The van der Waals surface area contributed by atoms with Crippen LogP contribution in [-0.4, -0.2) is 23.6 Å². The summed E-state index contributed by atoms with van der Waals surface area (Å²) in [5.74, 6) is 0.599. The van der Waals surface area contributed by atoms with E-state index in [1.54, 1.807) is 0 Å². The Hall–Kier alpha value is -0.580. The summed E-state index contributed by atoms with van der Waals surface area (Å²) in [6.07, 6.45) is 3.87. The maximum absolute atomic E-state index is 4.18.